The van der Waals surface area contributed by atoms with Gasteiger partial charge in [-0.3, -0.25) is 95.9 Å². The molecule has 102 heavy (non-hydrogen) atoms. The number of carbonyl (C=O) groups excluding carboxylic acids is 10. The molecule has 10 amide bonds. The zero-order valence-corrected chi connectivity index (χ0v) is 59.6. The number of carbonyl (C=O) groups is 20. The molecule has 0 saturated heterocycles. The largest absolute Gasteiger partial charge is 2.00 e. The van der Waals surface area contributed by atoms with Crippen LogP contribution in [0.15, 0.2) is 0 Å². The summed E-state index contributed by atoms with van der Waals surface area (Å²) in [5.41, 5.74) is 26.1. The maximum absolute atomic E-state index is 11.5. The van der Waals surface area contributed by atoms with Crippen molar-refractivity contribution in [3.63, 3.8) is 0 Å². The van der Waals surface area contributed by atoms with Gasteiger partial charge in [-0.1, -0.05) is 0 Å². The van der Waals surface area contributed by atoms with Crippen LogP contribution in [0.2, 0.25) is 0 Å². The number of thiol groups is 5. The smallest absolute Gasteiger partial charge is 0.322 e. The Morgan fingerprint density at radius 1 is 0.245 bits per heavy atom. The van der Waals surface area contributed by atoms with E-state index < -0.39 is 212 Å². The Balaban J connectivity index is -0.000000220. The van der Waals surface area contributed by atoms with Crippen molar-refractivity contribution in [3.05, 3.63) is 0 Å². The Hall–Kier alpha value is -8.35. The number of aliphatic carboxylic acids is 10. The summed E-state index contributed by atoms with van der Waals surface area (Å²) in [6.45, 7) is -2.83. The van der Waals surface area contributed by atoms with Crippen molar-refractivity contribution in [1.82, 2.24) is 53.2 Å². The first-order valence-corrected chi connectivity index (χ1v) is 31.4. The predicted octanol–water partition coefficient (Wildman–Crippen LogP) is -11.0. The molecular weight excluding hydrogens is 1520 g/mol. The molecular formula is C50H85N15O30S7-4. The lowest BCUT2D eigenvalue weighted by Crippen LogP contribution is -2.49. The van der Waals surface area contributed by atoms with E-state index in [-0.39, 0.29) is 120 Å². The maximum Gasteiger partial charge on any atom is 0.322 e. The fourth-order valence-corrected chi connectivity index (χ4v) is 7.07. The second-order valence-corrected chi connectivity index (χ2v) is 21.3. The Labute approximate surface area is 620 Å². The summed E-state index contributed by atoms with van der Waals surface area (Å²) >= 11 is 19.4. The normalized spacial score (nSPS) is 12.8. The average Bonchev–Trinajstić information content (AvgIpc) is 0.954. The van der Waals surface area contributed by atoms with Crippen LogP contribution in [0.25, 0.3) is 0 Å². The van der Waals surface area contributed by atoms with Crippen LogP contribution in [0, 0.1) is 0 Å². The van der Waals surface area contributed by atoms with Gasteiger partial charge in [-0.15, -0.1) is 0 Å². The van der Waals surface area contributed by atoms with Crippen LogP contribution in [0.3, 0.4) is 0 Å². The van der Waals surface area contributed by atoms with Gasteiger partial charge in [0.05, 0.1) is 0 Å². The van der Waals surface area contributed by atoms with Crippen LogP contribution in [0.4, 0.5) is 0 Å². The topological polar surface area (TPSA) is 794 Å². The second kappa shape index (κ2) is 62.4. The van der Waals surface area contributed by atoms with Crippen molar-refractivity contribution >= 4 is 209 Å². The summed E-state index contributed by atoms with van der Waals surface area (Å²) in [6, 6.07) is -10.8. The molecule has 0 aromatic heterocycles. The zero-order chi connectivity index (χ0) is 78.5. The van der Waals surface area contributed by atoms with Crippen LogP contribution < -0.4 is 81.8 Å². The van der Waals surface area contributed by atoms with Gasteiger partial charge in [-0.2, -0.15) is 63.1 Å². The minimum absolute atomic E-state index is 0. The SMILES string of the molecule is N[C@@H](CCC(=O)N[C@@H](CS)C(=O)NCC(=O)O)C(=O)O.N[C@@H](CCC(=O)N[C@@H](CS)C(=O)NCC(=O)O)C(=O)O.N[C@@H](CCC(=O)N[C@@H](CS)C(=O)NCC(=O)O)C(=O)O.N[C@@H](CCC(=O)N[C@@H](CS)C(=O)NCC(=O)O)C(=O)O.N[C@@H](CCC(=O)N[C@@H](CS)C(=O)NCC(=O)O)C(=O)O.[S-2].[S-2]. The molecule has 0 aromatic carbocycles. The lowest BCUT2D eigenvalue weighted by molar-refractivity contribution is -0.140. The third-order valence-corrected chi connectivity index (χ3v) is 13.1. The van der Waals surface area contributed by atoms with Gasteiger partial charge in [0, 0.05) is 60.9 Å². The van der Waals surface area contributed by atoms with Crippen molar-refractivity contribution < 1.29 is 147 Å². The van der Waals surface area contributed by atoms with E-state index in [0.717, 1.165) is 0 Å². The van der Waals surface area contributed by atoms with Crippen molar-refractivity contribution in [3.8, 4) is 0 Å². The van der Waals surface area contributed by atoms with Gasteiger partial charge < -0.3 is 160 Å². The molecule has 0 aliphatic heterocycles. The molecule has 0 unspecified atom stereocenters. The number of amides is 10. The van der Waals surface area contributed by atoms with E-state index in [2.05, 4.69) is 116 Å². The fraction of sp³-hybridized carbons (Fsp3) is 0.600. The first kappa shape index (κ1) is 107. The summed E-state index contributed by atoms with van der Waals surface area (Å²) in [5.74, 6) is -18.5. The Morgan fingerprint density at radius 2 is 0.363 bits per heavy atom. The third-order valence-electron chi connectivity index (χ3n) is 11.2. The van der Waals surface area contributed by atoms with Crippen LogP contribution >= 0.6 is 63.1 Å². The highest BCUT2D eigenvalue weighted by molar-refractivity contribution is 7.81. The predicted molar refractivity (Wildman–Crippen MR) is 371 cm³/mol. The summed E-state index contributed by atoms with van der Waals surface area (Å²) < 4.78 is 0. The Morgan fingerprint density at radius 3 is 0.451 bits per heavy atom. The van der Waals surface area contributed by atoms with Gasteiger partial charge in [0.1, 0.15) is 93.1 Å². The Bertz CT molecular complexity index is 2370. The van der Waals surface area contributed by atoms with Crippen molar-refractivity contribution in [2.45, 2.75) is 125 Å². The minimum Gasteiger partial charge on any atom is -2.00 e. The van der Waals surface area contributed by atoms with Crippen molar-refractivity contribution in [2.75, 3.05) is 61.5 Å². The molecule has 0 fully saturated rings. The van der Waals surface area contributed by atoms with Crippen molar-refractivity contribution in [2.24, 2.45) is 28.7 Å². The molecule has 45 nitrogen and oxygen atoms in total. The number of carboxylic acid groups (broad SMARTS) is 10. The number of nitrogens with one attached hydrogen (secondary N) is 10. The zero-order valence-electron chi connectivity index (χ0n) is 53.5. The first-order chi connectivity index (χ1) is 46.4. The molecule has 0 aliphatic rings. The molecule has 10 atom stereocenters. The number of hydrogen-bond donors (Lipinski definition) is 30. The molecule has 0 radical (unpaired) electrons. The molecule has 52 heteroatoms. The van der Waals surface area contributed by atoms with Gasteiger partial charge in [-0.05, 0) is 32.1 Å². The third kappa shape index (κ3) is 60.4. The molecule has 30 N–H and O–H groups in total. The molecule has 0 aromatic rings. The molecule has 0 spiro atoms. The van der Waals surface area contributed by atoms with Gasteiger partial charge in [0.2, 0.25) is 59.1 Å². The highest BCUT2D eigenvalue weighted by atomic mass is 32.1. The molecule has 0 saturated carbocycles. The van der Waals surface area contributed by atoms with Gasteiger partial charge in [-0.25, -0.2) is 0 Å². The van der Waals surface area contributed by atoms with Crippen LogP contribution in [0.5, 0.6) is 0 Å². The maximum atomic E-state index is 11.5. The highest BCUT2D eigenvalue weighted by Crippen LogP contribution is 2.03. The van der Waals surface area contributed by atoms with Crippen molar-refractivity contribution in [1.29, 1.82) is 0 Å². The van der Waals surface area contributed by atoms with E-state index >= 15 is 0 Å². The lowest BCUT2D eigenvalue weighted by atomic mass is 10.1. The van der Waals surface area contributed by atoms with Gasteiger partial charge >= 0.3 is 59.7 Å². The molecule has 0 bridgehead atoms. The van der Waals surface area contributed by atoms with E-state index in [9.17, 15) is 95.9 Å². The van der Waals surface area contributed by atoms with E-state index in [1.807, 2.05) is 0 Å². The molecule has 0 heterocycles. The summed E-state index contributed by atoms with van der Waals surface area (Å²) in [7, 11) is 0. The number of rotatable bonds is 45. The van der Waals surface area contributed by atoms with Gasteiger partial charge in [0.15, 0.2) is 0 Å². The minimum atomic E-state index is -1.22. The van der Waals surface area contributed by atoms with Crippen LogP contribution in [0.1, 0.15) is 64.2 Å². The van der Waals surface area contributed by atoms with Gasteiger partial charge in [0.25, 0.3) is 0 Å². The first-order valence-electron chi connectivity index (χ1n) is 28.3. The molecule has 0 rings (SSSR count). The molecule has 586 valence electrons. The fourth-order valence-electron chi connectivity index (χ4n) is 5.78. The van der Waals surface area contributed by atoms with Crippen LogP contribution in [-0.4, -0.2) is 292 Å². The Kier molecular flexibility index (Phi) is 65.5. The summed E-state index contributed by atoms with van der Waals surface area (Å²) in [4.78, 5) is 219. The summed E-state index contributed by atoms with van der Waals surface area (Å²) in [5, 5.41) is 107. The van der Waals surface area contributed by atoms with E-state index in [1.54, 1.807) is 0 Å². The van der Waals surface area contributed by atoms with Crippen LogP contribution in [-0.2, 0) is 123 Å². The second-order valence-electron chi connectivity index (χ2n) is 19.5. The number of nitrogens with two attached hydrogens (primary N) is 5. The lowest BCUT2D eigenvalue weighted by Gasteiger charge is -2.16. The van der Waals surface area contributed by atoms with E-state index in [4.69, 9.17) is 79.7 Å². The van der Waals surface area contributed by atoms with E-state index in [0.29, 0.717) is 0 Å². The summed E-state index contributed by atoms with van der Waals surface area (Å²) in [6.07, 6.45) is -1.17. The monoisotopic (exact) mass is 1600 g/mol. The quantitative estimate of drug-likeness (QED) is 0.0252. The molecule has 0 aliphatic carbocycles. The highest BCUT2D eigenvalue weighted by Gasteiger charge is 2.26. The number of hydrogen-bond acceptors (Lipinski definition) is 30. The average molecular weight is 1600 g/mol. The number of carboxylic acids is 10. The van der Waals surface area contributed by atoms with E-state index in [1.165, 1.54) is 0 Å². The standard InChI is InChI=1S/5C10H17N3O6S.2S/c5*11-5(10(18)19)1-2-7(14)13-6(4-20)9(17)12-3-8(15)16;;/h5*5-6,20H,1-4,11H2,(H,12,17)(H,13,14)(H,15,16)(H,18,19);;/q;;;;;2*-2/t5*5-,6-;;/m00000../s1.